The summed E-state index contributed by atoms with van der Waals surface area (Å²) in [5.41, 5.74) is 0. The molecule has 0 aliphatic heterocycles. The van der Waals surface area contributed by atoms with Crippen molar-refractivity contribution in [1.29, 1.82) is 0 Å². The lowest BCUT2D eigenvalue weighted by Crippen LogP contribution is -1.93. The lowest BCUT2D eigenvalue weighted by molar-refractivity contribution is 0.183. The van der Waals surface area contributed by atoms with Crippen LogP contribution in [0.15, 0.2) is 0 Å². The molecule has 1 heteroatoms. The van der Waals surface area contributed by atoms with Crippen molar-refractivity contribution >= 4 is 0 Å². The summed E-state index contributed by atoms with van der Waals surface area (Å²) in [5.74, 6) is 0.778. The van der Waals surface area contributed by atoms with Crippen LogP contribution in [-0.2, 0) is 4.74 Å². The first-order chi connectivity index (χ1) is 3.27. The van der Waals surface area contributed by atoms with Crippen LogP contribution in [0.1, 0.15) is 20.3 Å². The fourth-order valence-electron chi connectivity index (χ4n) is 0.354. The summed E-state index contributed by atoms with van der Waals surface area (Å²) >= 11 is 0. The van der Waals surface area contributed by atoms with Crippen LogP contribution in [-0.4, -0.2) is 13.7 Å². The standard InChI is InChI=1S/C6H14O/c1-6(2)4-5-7-3/h6H,4-5H2,1-3H3. The fourth-order valence-corrected chi connectivity index (χ4v) is 0.354. The molecule has 0 atom stereocenters. The highest BCUT2D eigenvalue weighted by molar-refractivity contribution is 4.40. The van der Waals surface area contributed by atoms with E-state index >= 15 is 0 Å². The Kier molecular flexibility index (Phi) is 4.10. The minimum atomic E-state index is 0.778. The fraction of sp³-hybridized carbons (Fsp3) is 1.00. The Balaban J connectivity index is 2.68. The molecule has 0 unspecified atom stereocenters. The number of rotatable bonds is 3. The summed E-state index contributed by atoms with van der Waals surface area (Å²) in [7, 11) is 1.74. The van der Waals surface area contributed by atoms with Gasteiger partial charge in [-0.2, -0.15) is 0 Å². The maximum atomic E-state index is 4.85. The molecule has 0 fully saturated rings. The summed E-state index contributed by atoms with van der Waals surface area (Å²) in [4.78, 5) is 0. The summed E-state index contributed by atoms with van der Waals surface area (Å²) in [5, 5.41) is 0. The van der Waals surface area contributed by atoms with Gasteiger partial charge in [-0.1, -0.05) is 13.8 Å². The minimum Gasteiger partial charge on any atom is -0.385 e. The molecule has 0 aliphatic carbocycles. The van der Waals surface area contributed by atoms with Crippen LogP contribution >= 0.6 is 0 Å². The Hall–Kier alpha value is -0.0400. The highest BCUT2D eigenvalue weighted by atomic mass is 16.5. The molecular weight excluding hydrogens is 88.1 g/mol. The molecule has 0 heterocycles. The summed E-state index contributed by atoms with van der Waals surface area (Å²) in [6.45, 7) is 5.29. The van der Waals surface area contributed by atoms with E-state index in [4.69, 9.17) is 4.74 Å². The molecule has 0 bridgehead atoms. The molecule has 0 rings (SSSR count). The van der Waals surface area contributed by atoms with E-state index in [1.807, 2.05) is 0 Å². The van der Waals surface area contributed by atoms with Crippen LogP contribution in [0.4, 0.5) is 0 Å². The van der Waals surface area contributed by atoms with Crippen molar-refractivity contribution in [3.8, 4) is 0 Å². The first kappa shape index (κ1) is 6.96. The van der Waals surface area contributed by atoms with Gasteiger partial charge >= 0.3 is 0 Å². The third-order valence-corrected chi connectivity index (χ3v) is 0.899. The third-order valence-electron chi connectivity index (χ3n) is 0.899. The van der Waals surface area contributed by atoms with Crippen molar-refractivity contribution in [3.63, 3.8) is 0 Å². The van der Waals surface area contributed by atoms with Crippen molar-refractivity contribution in [1.82, 2.24) is 0 Å². The van der Waals surface area contributed by atoms with E-state index in [0.717, 1.165) is 12.5 Å². The number of methoxy groups -OCH3 is 1. The monoisotopic (exact) mass is 102 g/mol. The Labute approximate surface area is 45.7 Å². The predicted octanol–water partition coefficient (Wildman–Crippen LogP) is 1.68. The zero-order valence-corrected chi connectivity index (χ0v) is 5.40. The zero-order chi connectivity index (χ0) is 5.70. The molecule has 1 nitrogen and oxygen atoms in total. The number of hydrogen-bond donors (Lipinski definition) is 0. The maximum Gasteiger partial charge on any atom is 0.0464 e. The average Bonchev–Trinajstić information content (AvgIpc) is 1.61. The van der Waals surface area contributed by atoms with E-state index in [0.29, 0.717) is 0 Å². The zero-order valence-electron chi connectivity index (χ0n) is 5.40. The van der Waals surface area contributed by atoms with E-state index in [1.54, 1.807) is 7.11 Å². The highest BCUT2D eigenvalue weighted by Gasteiger charge is 1.89. The molecule has 0 saturated carbocycles. The van der Waals surface area contributed by atoms with E-state index in [1.165, 1.54) is 6.42 Å². The van der Waals surface area contributed by atoms with Gasteiger partial charge in [0.2, 0.25) is 0 Å². The van der Waals surface area contributed by atoms with E-state index in [-0.39, 0.29) is 0 Å². The van der Waals surface area contributed by atoms with Gasteiger partial charge in [-0.05, 0) is 12.3 Å². The van der Waals surface area contributed by atoms with E-state index < -0.39 is 0 Å². The highest BCUT2D eigenvalue weighted by Crippen LogP contribution is 1.96. The smallest absolute Gasteiger partial charge is 0.0464 e. The maximum absolute atomic E-state index is 4.85. The van der Waals surface area contributed by atoms with Crippen LogP contribution in [0, 0.1) is 5.92 Å². The van der Waals surface area contributed by atoms with Gasteiger partial charge < -0.3 is 4.74 Å². The quantitative estimate of drug-likeness (QED) is 0.526. The lowest BCUT2D eigenvalue weighted by atomic mass is 10.1. The Morgan fingerprint density at radius 3 is 2.14 bits per heavy atom. The topological polar surface area (TPSA) is 9.23 Å². The lowest BCUT2D eigenvalue weighted by Gasteiger charge is -1.99. The molecule has 0 radical (unpaired) electrons. The van der Waals surface area contributed by atoms with Crippen LogP contribution < -0.4 is 0 Å². The SMILES string of the molecule is COCCC(C)C. The van der Waals surface area contributed by atoms with Crippen LogP contribution in [0.25, 0.3) is 0 Å². The average molecular weight is 102 g/mol. The summed E-state index contributed by atoms with van der Waals surface area (Å²) in [6, 6.07) is 0. The van der Waals surface area contributed by atoms with Gasteiger partial charge in [-0.3, -0.25) is 0 Å². The van der Waals surface area contributed by atoms with Crippen molar-refractivity contribution in [2.24, 2.45) is 5.92 Å². The van der Waals surface area contributed by atoms with E-state index in [9.17, 15) is 0 Å². The molecular formula is C6H14O. The normalized spacial score (nSPS) is 10.3. The minimum absolute atomic E-state index is 0.778. The van der Waals surface area contributed by atoms with Crippen molar-refractivity contribution in [2.45, 2.75) is 20.3 Å². The van der Waals surface area contributed by atoms with Crippen molar-refractivity contribution in [3.05, 3.63) is 0 Å². The molecule has 0 spiro atoms. The summed E-state index contributed by atoms with van der Waals surface area (Å²) in [6.07, 6.45) is 1.18. The largest absolute Gasteiger partial charge is 0.385 e. The Morgan fingerprint density at radius 2 is 2.00 bits per heavy atom. The van der Waals surface area contributed by atoms with Gasteiger partial charge in [0, 0.05) is 13.7 Å². The molecule has 0 N–H and O–H groups in total. The number of ether oxygens (including phenoxy) is 1. The second-order valence-electron chi connectivity index (χ2n) is 2.18. The Bertz CT molecular complexity index is 33.2. The third kappa shape index (κ3) is 5.96. The van der Waals surface area contributed by atoms with Gasteiger partial charge in [0.25, 0.3) is 0 Å². The van der Waals surface area contributed by atoms with Gasteiger partial charge in [0.05, 0.1) is 0 Å². The molecule has 0 aromatic heterocycles. The number of hydrogen-bond acceptors (Lipinski definition) is 1. The molecule has 0 aliphatic rings. The van der Waals surface area contributed by atoms with Crippen molar-refractivity contribution in [2.75, 3.05) is 13.7 Å². The van der Waals surface area contributed by atoms with Crippen LogP contribution in [0.3, 0.4) is 0 Å². The molecule has 0 amide bonds. The molecule has 44 valence electrons. The first-order valence-electron chi connectivity index (χ1n) is 2.76. The van der Waals surface area contributed by atoms with Crippen molar-refractivity contribution < 1.29 is 4.74 Å². The predicted molar refractivity (Wildman–Crippen MR) is 31.3 cm³/mol. The van der Waals surface area contributed by atoms with Gasteiger partial charge in [-0.15, -0.1) is 0 Å². The van der Waals surface area contributed by atoms with Gasteiger partial charge in [0.1, 0.15) is 0 Å². The molecule has 0 aromatic rings. The molecule has 0 aromatic carbocycles. The van der Waals surface area contributed by atoms with E-state index in [2.05, 4.69) is 13.8 Å². The van der Waals surface area contributed by atoms with Gasteiger partial charge in [0.15, 0.2) is 0 Å². The molecule has 7 heavy (non-hydrogen) atoms. The molecule has 0 saturated heterocycles. The van der Waals surface area contributed by atoms with Crippen LogP contribution in [0.2, 0.25) is 0 Å². The van der Waals surface area contributed by atoms with Gasteiger partial charge in [-0.25, -0.2) is 0 Å². The van der Waals surface area contributed by atoms with Crippen LogP contribution in [0.5, 0.6) is 0 Å². The summed E-state index contributed by atoms with van der Waals surface area (Å²) < 4.78 is 4.85. The second-order valence-corrected chi connectivity index (χ2v) is 2.18. The first-order valence-corrected chi connectivity index (χ1v) is 2.76. The Morgan fingerprint density at radius 1 is 1.43 bits per heavy atom. The second kappa shape index (κ2) is 4.13.